The van der Waals surface area contributed by atoms with Crippen LogP contribution in [0.4, 0.5) is 4.79 Å². The Morgan fingerprint density at radius 1 is 1.50 bits per heavy atom. The van der Waals surface area contributed by atoms with E-state index in [0.29, 0.717) is 19.0 Å². The van der Waals surface area contributed by atoms with Gasteiger partial charge in [0, 0.05) is 25.7 Å². The van der Waals surface area contributed by atoms with Crippen LogP contribution < -0.4 is 10.1 Å². The standard InChI is InChI=1S/C19H29N3O2/c1-4-15(3)7-6-8-16-11-18(13-20-12-16)24-17-9-10-22(14-17)19(23)21-5-2/h6,8,11-13,15,17H,4-5,7,9-10,14H2,1-3H3,(H,21,23)/b8-6+/t15-,17+/m1/s1. The number of allylic oxidation sites excluding steroid dienone is 1. The second kappa shape index (κ2) is 9.30. The zero-order valence-corrected chi connectivity index (χ0v) is 15.0. The van der Waals surface area contributed by atoms with E-state index in [-0.39, 0.29) is 12.1 Å². The number of nitrogens with zero attached hydrogens (tertiary/aromatic N) is 2. The summed E-state index contributed by atoms with van der Waals surface area (Å²) in [6, 6.07) is 2.00. The fraction of sp³-hybridized carbons (Fsp3) is 0.579. The largest absolute Gasteiger partial charge is 0.487 e. The highest BCUT2D eigenvalue weighted by Gasteiger charge is 2.27. The third-order valence-corrected chi connectivity index (χ3v) is 4.34. The van der Waals surface area contributed by atoms with E-state index >= 15 is 0 Å². The van der Waals surface area contributed by atoms with Crippen molar-refractivity contribution in [2.24, 2.45) is 5.92 Å². The molecule has 2 heterocycles. The Labute approximate surface area is 145 Å². The number of rotatable bonds is 7. The average Bonchev–Trinajstić information content (AvgIpc) is 3.04. The molecule has 0 spiro atoms. The number of pyridine rings is 1. The number of amides is 2. The van der Waals surface area contributed by atoms with Gasteiger partial charge in [0.15, 0.2) is 0 Å². The fourth-order valence-corrected chi connectivity index (χ4v) is 2.66. The first-order valence-electron chi connectivity index (χ1n) is 8.93. The van der Waals surface area contributed by atoms with Gasteiger partial charge in [-0.15, -0.1) is 0 Å². The summed E-state index contributed by atoms with van der Waals surface area (Å²) >= 11 is 0. The van der Waals surface area contributed by atoms with Crippen LogP contribution in [-0.4, -0.2) is 41.7 Å². The zero-order valence-electron chi connectivity index (χ0n) is 15.0. The average molecular weight is 331 g/mol. The molecule has 5 heteroatoms. The van der Waals surface area contributed by atoms with Crippen LogP contribution >= 0.6 is 0 Å². The van der Waals surface area contributed by atoms with E-state index in [9.17, 15) is 4.79 Å². The van der Waals surface area contributed by atoms with Crippen LogP contribution in [0, 0.1) is 5.92 Å². The topological polar surface area (TPSA) is 54.5 Å². The zero-order chi connectivity index (χ0) is 17.4. The van der Waals surface area contributed by atoms with Crippen LogP contribution in [0.2, 0.25) is 0 Å². The molecule has 1 N–H and O–H groups in total. The molecule has 0 aromatic carbocycles. The van der Waals surface area contributed by atoms with Gasteiger partial charge >= 0.3 is 6.03 Å². The lowest BCUT2D eigenvalue weighted by atomic mass is 10.0. The Morgan fingerprint density at radius 3 is 3.08 bits per heavy atom. The highest BCUT2D eigenvalue weighted by molar-refractivity contribution is 5.74. The normalized spacial score (nSPS) is 18.8. The molecule has 2 rings (SSSR count). The van der Waals surface area contributed by atoms with Crippen LogP contribution in [-0.2, 0) is 0 Å². The molecule has 1 aliphatic heterocycles. The molecule has 1 aromatic heterocycles. The second-order valence-corrected chi connectivity index (χ2v) is 6.42. The first kappa shape index (κ1) is 18.3. The molecular formula is C19H29N3O2. The van der Waals surface area contributed by atoms with Crippen molar-refractivity contribution in [2.75, 3.05) is 19.6 Å². The summed E-state index contributed by atoms with van der Waals surface area (Å²) in [5.74, 6) is 1.47. The van der Waals surface area contributed by atoms with Gasteiger partial charge in [-0.05, 0) is 30.9 Å². The third-order valence-electron chi connectivity index (χ3n) is 4.34. The maximum atomic E-state index is 11.8. The molecule has 0 saturated carbocycles. The molecule has 132 valence electrons. The summed E-state index contributed by atoms with van der Waals surface area (Å²) in [4.78, 5) is 17.9. The minimum atomic E-state index is -0.0107. The van der Waals surface area contributed by atoms with Crippen LogP contribution in [0.5, 0.6) is 5.75 Å². The number of hydrogen-bond donors (Lipinski definition) is 1. The van der Waals surface area contributed by atoms with Gasteiger partial charge in [-0.1, -0.05) is 32.4 Å². The summed E-state index contributed by atoms with van der Waals surface area (Å²) in [5.41, 5.74) is 1.05. The monoisotopic (exact) mass is 331 g/mol. The highest BCUT2D eigenvalue weighted by Crippen LogP contribution is 2.19. The Balaban J connectivity index is 1.87. The number of nitrogens with one attached hydrogen (secondary N) is 1. The van der Waals surface area contributed by atoms with E-state index in [1.165, 1.54) is 6.42 Å². The van der Waals surface area contributed by atoms with Crippen molar-refractivity contribution in [3.63, 3.8) is 0 Å². The minimum Gasteiger partial charge on any atom is -0.487 e. The lowest BCUT2D eigenvalue weighted by Crippen LogP contribution is -2.39. The summed E-state index contributed by atoms with van der Waals surface area (Å²) in [6.07, 6.45) is 11.0. The highest BCUT2D eigenvalue weighted by atomic mass is 16.5. The van der Waals surface area contributed by atoms with Gasteiger partial charge < -0.3 is 15.0 Å². The smallest absolute Gasteiger partial charge is 0.317 e. The van der Waals surface area contributed by atoms with Gasteiger partial charge in [-0.25, -0.2) is 4.79 Å². The fourth-order valence-electron chi connectivity index (χ4n) is 2.66. The van der Waals surface area contributed by atoms with E-state index in [0.717, 1.165) is 30.7 Å². The van der Waals surface area contributed by atoms with Crippen molar-refractivity contribution in [3.8, 4) is 5.75 Å². The summed E-state index contributed by atoms with van der Waals surface area (Å²) in [6.45, 7) is 8.39. The molecule has 0 radical (unpaired) electrons. The predicted molar refractivity (Wildman–Crippen MR) is 97.0 cm³/mol. The van der Waals surface area contributed by atoms with Crippen molar-refractivity contribution in [1.82, 2.24) is 15.2 Å². The van der Waals surface area contributed by atoms with E-state index in [4.69, 9.17) is 4.74 Å². The molecule has 1 saturated heterocycles. The maximum absolute atomic E-state index is 11.8. The SMILES string of the molecule is CCNC(=O)N1CC[C@H](Oc2cncc(/C=C/C[C@H](C)CC)c2)C1. The number of carbonyl (C=O) groups is 1. The summed E-state index contributed by atoms with van der Waals surface area (Å²) in [7, 11) is 0. The second-order valence-electron chi connectivity index (χ2n) is 6.42. The van der Waals surface area contributed by atoms with Gasteiger partial charge in [0.05, 0.1) is 12.7 Å². The molecule has 0 unspecified atom stereocenters. The number of carbonyl (C=O) groups excluding carboxylic acids is 1. The van der Waals surface area contributed by atoms with Crippen molar-refractivity contribution in [3.05, 3.63) is 30.1 Å². The van der Waals surface area contributed by atoms with Gasteiger partial charge in [-0.3, -0.25) is 4.98 Å². The van der Waals surface area contributed by atoms with Crippen LogP contribution in [0.3, 0.4) is 0 Å². The Bertz CT molecular complexity index is 559. The molecule has 24 heavy (non-hydrogen) atoms. The molecule has 1 fully saturated rings. The van der Waals surface area contributed by atoms with Gasteiger partial charge in [0.2, 0.25) is 0 Å². The number of likely N-dealkylation sites (tertiary alicyclic amines) is 1. The molecule has 5 nitrogen and oxygen atoms in total. The minimum absolute atomic E-state index is 0.0107. The van der Waals surface area contributed by atoms with Gasteiger partial charge in [0.1, 0.15) is 11.9 Å². The summed E-state index contributed by atoms with van der Waals surface area (Å²) < 4.78 is 6.01. The van der Waals surface area contributed by atoms with Crippen molar-refractivity contribution >= 4 is 12.1 Å². The Hall–Kier alpha value is -2.04. The molecule has 0 aliphatic carbocycles. The van der Waals surface area contributed by atoms with Crippen molar-refractivity contribution < 1.29 is 9.53 Å². The number of hydrogen-bond acceptors (Lipinski definition) is 3. The van der Waals surface area contributed by atoms with E-state index in [1.54, 1.807) is 11.1 Å². The Kier molecular flexibility index (Phi) is 7.09. The van der Waals surface area contributed by atoms with E-state index < -0.39 is 0 Å². The quantitative estimate of drug-likeness (QED) is 0.828. The number of aromatic nitrogens is 1. The summed E-state index contributed by atoms with van der Waals surface area (Å²) in [5, 5.41) is 2.83. The molecular weight excluding hydrogens is 302 g/mol. The van der Waals surface area contributed by atoms with Crippen molar-refractivity contribution in [1.29, 1.82) is 0 Å². The van der Waals surface area contributed by atoms with Crippen LogP contribution in [0.25, 0.3) is 6.08 Å². The van der Waals surface area contributed by atoms with E-state index in [2.05, 4.69) is 36.3 Å². The van der Waals surface area contributed by atoms with Crippen molar-refractivity contribution in [2.45, 2.75) is 46.1 Å². The van der Waals surface area contributed by atoms with Crippen LogP contribution in [0.15, 0.2) is 24.5 Å². The lowest BCUT2D eigenvalue weighted by Gasteiger charge is -2.17. The first-order valence-corrected chi connectivity index (χ1v) is 8.93. The molecule has 2 amide bonds. The van der Waals surface area contributed by atoms with Crippen LogP contribution in [0.1, 0.15) is 45.6 Å². The van der Waals surface area contributed by atoms with Gasteiger partial charge in [-0.2, -0.15) is 0 Å². The predicted octanol–water partition coefficient (Wildman–Crippen LogP) is 3.71. The van der Waals surface area contributed by atoms with E-state index in [1.807, 2.05) is 19.2 Å². The molecule has 0 bridgehead atoms. The lowest BCUT2D eigenvalue weighted by molar-refractivity contribution is 0.187. The third kappa shape index (κ3) is 5.55. The molecule has 1 aromatic rings. The number of ether oxygens (including phenoxy) is 1. The maximum Gasteiger partial charge on any atom is 0.317 e. The number of urea groups is 1. The Morgan fingerprint density at radius 2 is 2.33 bits per heavy atom. The van der Waals surface area contributed by atoms with Gasteiger partial charge in [0.25, 0.3) is 0 Å². The molecule has 1 aliphatic rings. The first-order chi connectivity index (χ1) is 11.6. The molecule has 2 atom stereocenters.